The first-order valence-corrected chi connectivity index (χ1v) is 7.37. The van der Waals surface area contributed by atoms with Gasteiger partial charge in [0.05, 0.1) is 0 Å². The zero-order valence-corrected chi connectivity index (χ0v) is 13.8. The first-order chi connectivity index (χ1) is 10.7. The average molecular weight is 314 g/mol. The Kier molecular flexibility index (Phi) is 3.32. The molecule has 0 saturated carbocycles. The molecule has 0 radical (unpaired) electrons. The maximum Gasteiger partial charge on any atom is 0.348 e. The molecule has 23 heavy (non-hydrogen) atoms. The number of hydrogen-bond acceptors (Lipinski definition) is 5. The van der Waals surface area contributed by atoms with Gasteiger partial charge in [-0.15, -0.1) is 0 Å². The maximum absolute atomic E-state index is 12.1. The van der Waals surface area contributed by atoms with Gasteiger partial charge in [-0.05, 0) is 38.0 Å². The van der Waals surface area contributed by atoms with E-state index in [4.69, 9.17) is 13.9 Å². The lowest BCUT2D eigenvalue weighted by Gasteiger charge is -2.29. The van der Waals surface area contributed by atoms with E-state index >= 15 is 0 Å². The molecule has 1 aliphatic heterocycles. The van der Waals surface area contributed by atoms with Gasteiger partial charge >= 0.3 is 11.9 Å². The SMILES string of the molecule is Cc1oc2c(C)ccc(C)c2c1C=C1C(=O)OC(C)(C)OC1=O. The summed E-state index contributed by atoms with van der Waals surface area (Å²) in [5.74, 6) is -1.99. The van der Waals surface area contributed by atoms with E-state index in [9.17, 15) is 9.59 Å². The Hall–Kier alpha value is -2.56. The molecule has 0 atom stereocenters. The number of esters is 2. The molecule has 1 fully saturated rings. The van der Waals surface area contributed by atoms with Gasteiger partial charge in [0.2, 0.25) is 0 Å². The second-order valence-electron chi connectivity index (χ2n) is 6.21. The van der Waals surface area contributed by atoms with E-state index in [0.717, 1.165) is 22.1 Å². The number of cyclic esters (lactones) is 2. The molecule has 1 aromatic heterocycles. The molecule has 0 aliphatic carbocycles. The molecule has 0 bridgehead atoms. The zero-order valence-electron chi connectivity index (χ0n) is 13.8. The van der Waals surface area contributed by atoms with Crippen molar-refractivity contribution < 1.29 is 23.5 Å². The Bertz CT molecular complexity index is 845. The summed E-state index contributed by atoms with van der Waals surface area (Å²) in [5.41, 5.74) is 3.33. The number of carbonyl (C=O) groups is 2. The van der Waals surface area contributed by atoms with Gasteiger partial charge in [-0.1, -0.05) is 12.1 Å². The van der Waals surface area contributed by atoms with E-state index in [0.29, 0.717) is 11.3 Å². The first-order valence-electron chi connectivity index (χ1n) is 7.37. The fraction of sp³-hybridized carbons (Fsp3) is 0.333. The minimum atomic E-state index is -1.24. The van der Waals surface area contributed by atoms with Crippen LogP contribution >= 0.6 is 0 Å². The van der Waals surface area contributed by atoms with Crippen molar-refractivity contribution in [2.45, 2.75) is 40.4 Å². The zero-order chi connectivity index (χ0) is 16.9. The summed E-state index contributed by atoms with van der Waals surface area (Å²) in [6, 6.07) is 3.96. The Morgan fingerprint density at radius 2 is 1.52 bits per heavy atom. The molecule has 0 unspecified atom stereocenters. The van der Waals surface area contributed by atoms with E-state index in [1.54, 1.807) is 6.92 Å². The molecular weight excluding hydrogens is 296 g/mol. The molecule has 120 valence electrons. The Labute approximate surface area is 133 Å². The highest BCUT2D eigenvalue weighted by atomic mass is 16.7. The Balaban J connectivity index is 2.19. The van der Waals surface area contributed by atoms with Gasteiger partial charge in [-0.2, -0.15) is 0 Å². The number of furan rings is 1. The van der Waals surface area contributed by atoms with Crippen molar-refractivity contribution in [3.63, 3.8) is 0 Å². The number of benzene rings is 1. The molecule has 1 saturated heterocycles. The third-order valence-electron chi connectivity index (χ3n) is 3.87. The van der Waals surface area contributed by atoms with Gasteiger partial charge in [0.15, 0.2) is 0 Å². The monoisotopic (exact) mass is 314 g/mol. The van der Waals surface area contributed by atoms with E-state index in [1.165, 1.54) is 19.9 Å². The van der Waals surface area contributed by atoms with Crippen LogP contribution in [0.2, 0.25) is 0 Å². The predicted molar refractivity (Wildman–Crippen MR) is 84.7 cm³/mol. The summed E-state index contributed by atoms with van der Waals surface area (Å²) in [5, 5.41) is 0.889. The van der Waals surface area contributed by atoms with Gasteiger partial charge < -0.3 is 13.9 Å². The van der Waals surface area contributed by atoms with Crippen LogP contribution in [0.3, 0.4) is 0 Å². The van der Waals surface area contributed by atoms with Crippen LogP contribution in [0.4, 0.5) is 0 Å². The lowest BCUT2D eigenvalue weighted by atomic mass is 10.0. The van der Waals surface area contributed by atoms with Crippen molar-refractivity contribution in [3.05, 3.63) is 40.2 Å². The Morgan fingerprint density at radius 3 is 2.13 bits per heavy atom. The minimum Gasteiger partial charge on any atom is -0.460 e. The number of ether oxygens (including phenoxy) is 2. The number of rotatable bonds is 1. The molecule has 0 N–H and O–H groups in total. The van der Waals surface area contributed by atoms with Gasteiger partial charge in [0.25, 0.3) is 5.79 Å². The van der Waals surface area contributed by atoms with Crippen molar-refractivity contribution >= 4 is 29.0 Å². The highest BCUT2D eigenvalue weighted by Gasteiger charge is 2.39. The molecule has 5 heteroatoms. The van der Waals surface area contributed by atoms with Crippen LogP contribution in [0.1, 0.15) is 36.3 Å². The number of aryl methyl sites for hydroxylation is 3. The molecule has 0 spiro atoms. The van der Waals surface area contributed by atoms with Crippen molar-refractivity contribution in [2.24, 2.45) is 0 Å². The molecule has 2 heterocycles. The molecule has 2 aromatic rings. The third kappa shape index (κ3) is 2.52. The van der Waals surface area contributed by atoms with Gasteiger partial charge in [-0.25, -0.2) is 9.59 Å². The van der Waals surface area contributed by atoms with E-state index in [1.807, 2.05) is 26.0 Å². The van der Waals surface area contributed by atoms with E-state index < -0.39 is 17.7 Å². The van der Waals surface area contributed by atoms with Crippen molar-refractivity contribution in [2.75, 3.05) is 0 Å². The van der Waals surface area contributed by atoms with Gasteiger partial charge in [0, 0.05) is 24.8 Å². The number of carbonyl (C=O) groups excluding carboxylic acids is 2. The predicted octanol–water partition coefficient (Wildman–Crippen LogP) is 3.58. The molecule has 1 aromatic carbocycles. The largest absolute Gasteiger partial charge is 0.460 e. The van der Waals surface area contributed by atoms with Crippen LogP contribution in [0.5, 0.6) is 0 Å². The maximum atomic E-state index is 12.1. The van der Waals surface area contributed by atoms with Crippen LogP contribution in [-0.2, 0) is 19.1 Å². The van der Waals surface area contributed by atoms with Gasteiger partial charge in [0.1, 0.15) is 16.9 Å². The number of hydrogen-bond donors (Lipinski definition) is 0. The quantitative estimate of drug-likeness (QED) is 0.457. The normalized spacial score (nSPS) is 17.2. The van der Waals surface area contributed by atoms with E-state index in [-0.39, 0.29) is 5.57 Å². The van der Waals surface area contributed by atoms with Crippen molar-refractivity contribution in [1.29, 1.82) is 0 Å². The summed E-state index contributed by atoms with van der Waals surface area (Å²) in [6.07, 6.45) is 1.49. The van der Waals surface area contributed by atoms with Crippen LogP contribution in [0.15, 0.2) is 22.1 Å². The molecule has 1 aliphatic rings. The van der Waals surface area contributed by atoms with Crippen molar-refractivity contribution in [3.8, 4) is 0 Å². The van der Waals surface area contributed by atoms with Gasteiger partial charge in [-0.3, -0.25) is 0 Å². The number of fused-ring (bicyclic) bond motifs is 1. The summed E-state index contributed by atoms with van der Waals surface area (Å²) in [7, 11) is 0. The lowest BCUT2D eigenvalue weighted by Crippen LogP contribution is -2.41. The van der Waals surface area contributed by atoms with Crippen LogP contribution in [-0.4, -0.2) is 17.7 Å². The second-order valence-corrected chi connectivity index (χ2v) is 6.21. The molecule has 3 rings (SSSR count). The lowest BCUT2D eigenvalue weighted by molar-refractivity contribution is -0.222. The van der Waals surface area contributed by atoms with Crippen LogP contribution in [0, 0.1) is 20.8 Å². The third-order valence-corrected chi connectivity index (χ3v) is 3.87. The second kappa shape index (κ2) is 4.98. The van der Waals surface area contributed by atoms with E-state index in [2.05, 4.69) is 0 Å². The van der Waals surface area contributed by atoms with Crippen LogP contribution in [0.25, 0.3) is 17.0 Å². The average Bonchev–Trinajstić information content (AvgIpc) is 2.75. The smallest absolute Gasteiger partial charge is 0.348 e. The highest BCUT2D eigenvalue weighted by Crippen LogP contribution is 2.33. The Morgan fingerprint density at radius 1 is 0.957 bits per heavy atom. The first kappa shape index (κ1) is 15.3. The highest BCUT2D eigenvalue weighted by molar-refractivity contribution is 6.19. The summed E-state index contributed by atoms with van der Waals surface area (Å²) in [4.78, 5) is 24.2. The fourth-order valence-electron chi connectivity index (χ4n) is 2.73. The minimum absolute atomic E-state index is 0.129. The molecular formula is C18H18O5. The molecule has 0 amide bonds. The summed E-state index contributed by atoms with van der Waals surface area (Å²) in [6.45, 7) is 8.75. The van der Waals surface area contributed by atoms with Crippen LogP contribution < -0.4 is 0 Å². The fourth-order valence-corrected chi connectivity index (χ4v) is 2.73. The standard InChI is InChI=1S/C18H18O5/c1-9-6-7-10(2)15-14(9)12(11(3)21-15)8-13-16(19)22-18(4,5)23-17(13)20/h6-8H,1-5H3. The topological polar surface area (TPSA) is 65.7 Å². The molecule has 5 nitrogen and oxygen atoms in total. The summed E-state index contributed by atoms with van der Waals surface area (Å²) < 4.78 is 16.1. The van der Waals surface area contributed by atoms with Crippen molar-refractivity contribution in [1.82, 2.24) is 0 Å². The summed E-state index contributed by atoms with van der Waals surface area (Å²) >= 11 is 0.